The standard InChI is InChI=1S/C21H17N3O4/c25-20(15-6-7-18-19(10-15)28-13-27-18)23-11-14-3-1-5-17(9-14)24-21(26)16-4-2-8-22-12-16/h1-10,12H,11,13H2,(H,23,25)(H,24,26). The Bertz CT molecular complexity index is 1020. The quantitative estimate of drug-likeness (QED) is 0.716. The molecular weight excluding hydrogens is 358 g/mol. The van der Waals surface area contributed by atoms with Crippen molar-refractivity contribution in [3.63, 3.8) is 0 Å². The summed E-state index contributed by atoms with van der Waals surface area (Å²) in [4.78, 5) is 28.5. The van der Waals surface area contributed by atoms with E-state index in [0.29, 0.717) is 34.9 Å². The summed E-state index contributed by atoms with van der Waals surface area (Å²) in [6.07, 6.45) is 3.12. The highest BCUT2D eigenvalue weighted by molar-refractivity contribution is 6.04. The van der Waals surface area contributed by atoms with Crippen molar-refractivity contribution in [3.05, 3.63) is 83.7 Å². The minimum Gasteiger partial charge on any atom is -0.454 e. The van der Waals surface area contributed by atoms with Crippen molar-refractivity contribution in [3.8, 4) is 11.5 Å². The molecule has 0 saturated heterocycles. The number of hydrogen-bond donors (Lipinski definition) is 2. The molecule has 2 heterocycles. The van der Waals surface area contributed by atoms with Gasteiger partial charge in [0.05, 0.1) is 5.56 Å². The summed E-state index contributed by atoms with van der Waals surface area (Å²) in [7, 11) is 0. The highest BCUT2D eigenvalue weighted by atomic mass is 16.7. The maximum absolute atomic E-state index is 12.4. The molecule has 3 aromatic rings. The fraction of sp³-hybridized carbons (Fsp3) is 0.0952. The summed E-state index contributed by atoms with van der Waals surface area (Å²) >= 11 is 0. The molecule has 0 spiro atoms. The molecule has 0 unspecified atom stereocenters. The molecule has 4 rings (SSSR count). The van der Waals surface area contributed by atoms with Crippen molar-refractivity contribution < 1.29 is 19.1 Å². The summed E-state index contributed by atoms with van der Waals surface area (Å²) in [5.74, 6) is 0.735. The third kappa shape index (κ3) is 3.93. The normalized spacial score (nSPS) is 11.7. The molecule has 0 fully saturated rings. The van der Waals surface area contributed by atoms with Gasteiger partial charge >= 0.3 is 0 Å². The van der Waals surface area contributed by atoms with E-state index in [0.717, 1.165) is 5.56 Å². The molecule has 7 heteroatoms. The lowest BCUT2D eigenvalue weighted by Crippen LogP contribution is -2.22. The SMILES string of the molecule is O=C(NCc1cccc(NC(=O)c2cccnc2)c1)c1ccc2c(c1)OCO2. The van der Waals surface area contributed by atoms with E-state index in [1.54, 1.807) is 42.6 Å². The van der Waals surface area contributed by atoms with Gasteiger partial charge in [0.15, 0.2) is 11.5 Å². The number of benzene rings is 2. The van der Waals surface area contributed by atoms with Crippen molar-refractivity contribution in [2.75, 3.05) is 12.1 Å². The Hall–Kier alpha value is -3.87. The summed E-state index contributed by atoms with van der Waals surface area (Å²) in [6.45, 7) is 0.488. The lowest BCUT2D eigenvalue weighted by Gasteiger charge is -2.09. The molecule has 2 aromatic carbocycles. The van der Waals surface area contributed by atoms with Crippen LogP contribution in [0.1, 0.15) is 26.3 Å². The first kappa shape index (κ1) is 17.5. The molecule has 0 aliphatic carbocycles. The Kier molecular flexibility index (Phi) is 4.88. The summed E-state index contributed by atoms with van der Waals surface area (Å²) in [5.41, 5.74) is 2.47. The fourth-order valence-electron chi connectivity index (χ4n) is 2.78. The minimum absolute atomic E-state index is 0.165. The zero-order chi connectivity index (χ0) is 19.3. The smallest absolute Gasteiger partial charge is 0.257 e. The van der Waals surface area contributed by atoms with Gasteiger partial charge in [-0.1, -0.05) is 12.1 Å². The lowest BCUT2D eigenvalue weighted by molar-refractivity contribution is 0.0949. The lowest BCUT2D eigenvalue weighted by atomic mass is 10.1. The highest BCUT2D eigenvalue weighted by Gasteiger charge is 2.16. The van der Waals surface area contributed by atoms with Gasteiger partial charge in [-0.2, -0.15) is 0 Å². The molecule has 7 nitrogen and oxygen atoms in total. The molecule has 0 radical (unpaired) electrons. The number of rotatable bonds is 5. The van der Waals surface area contributed by atoms with E-state index >= 15 is 0 Å². The second kappa shape index (κ2) is 7.79. The first-order valence-corrected chi connectivity index (χ1v) is 8.67. The van der Waals surface area contributed by atoms with Gasteiger partial charge < -0.3 is 20.1 Å². The van der Waals surface area contributed by atoms with Crippen LogP contribution in [0.3, 0.4) is 0 Å². The number of ether oxygens (including phenoxy) is 2. The number of aromatic nitrogens is 1. The molecule has 1 aromatic heterocycles. The average molecular weight is 375 g/mol. The Balaban J connectivity index is 1.38. The van der Waals surface area contributed by atoms with E-state index in [9.17, 15) is 9.59 Å². The van der Waals surface area contributed by atoms with Crippen LogP contribution >= 0.6 is 0 Å². The van der Waals surface area contributed by atoms with Crippen LogP contribution in [0.2, 0.25) is 0 Å². The van der Waals surface area contributed by atoms with E-state index in [-0.39, 0.29) is 18.6 Å². The molecule has 2 amide bonds. The van der Waals surface area contributed by atoms with Gasteiger partial charge in [0.1, 0.15) is 0 Å². The summed E-state index contributed by atoms with van der Waals surface area (Å²) < 4.78 is 10.5. The van der Waals surface area contributed by atoms with Crippen molar-refractivity contribution in [2.24, 2.45) is 0 Å². The van der Waals surface area contributed by atoms with Crippen LogP contribution in [0.4, 0.5) is 5.69 Å². The van der Waals surface area contributed by atoms with Crippen LogP contribution in [-0.2, 0) is 6.54 Å². The first-order chi connectivity index (χ1) is 13.7. The van der Waals surface area contributed by atoms with Crippen molar-refractivity contribution >= 4 is 17.5 Å². The fourth-order valence-corrected chi connectivity index (χ4v) is 2.78. The zero-order valence-electron chi connectivity index (χ0n) is 14.8. The van der Waals surface area contributed by atoms with Crippen LogP contribution in [0.25, 0.3) is 0 Å². The number of carbonyl (C=O) groups is 2. The molecule has 0 bridgehead atoms. The molecule has 1 aliphatic rings. The molecular formula is C21H17N3O4. The molecule has 0 saturated carbocycles. The van der Waals surface area contributed by atoms with Gasteiger partial charge in [-0.3, -0.25) is 14.6 Å². The first-order valence-electron chi connectivity index (χ1n) is 8.67. The largest absolute Gasteiger partial charge is 0.454 e. The second-order valence-electron chi connectivity index (χ2n) is 6.15. The topological polar surface area (TPSA) is 89.6 Å². The number of carbonyl (C=O) groups excluding carboxylic acids is 2. The number of pyridine rings is 1. The van der Waals surface area contributed by atoms with Crippen LogP contribution in [0, 0.1) is 0 Å². The van der Waals surface area contributed by atoms with Crippen LogP contribution in [-0.4, -0.2) is 23.6 Å². The van der Waals surface area contributed by atoms with E-state index < -0.39 is 0 Å². The number of nitrogens with zero attached hydrogens (tertiary/aromatic N) is 1. The molecule has 28 heavy (non-hydrogen) atoms. The minimum atomic E-state index is -0.241. The number of hydrogen-bond acceptors (Lipinski definition) is 5. The van der Waals surface area contributed by atoms with Crippen LogP contribution < -0.4 is 20.1 Å². The third-order valence-corrected chi connectivity index (χ3v) is 4.20. The number of anilines is 1. The Labute approximate surface area is 161 Å². The molecule has 1 aliphatic heterocycles. The number of fused-ring (bicyclic) bond motifs is 1. The van der Waals surface area contributed by atoms with Gasteiger partial charge in [-0.05, 0) is 48.0 Å². The van der Waals surface area contributed by atoms with E-state index in [1.807, 2.05) is 18.2 Å². The van der Waals surface area contributed by atoms with Crippen molar-refractivity contribution in [1.29, 1.82) is 0 Å². The second-order valence-corrected chi connectivity index (χ2v) is 6.15. The van der Waals surface area contributed by atoms with E-state index in [4.69, 9.17) is 9.47 Å². The number of nitrogens with one attached hydrogen (secondary N) is 2. The summed E-state index contributed by atoms with van der Waals surface area (Å²) in [5, 5.41) is 5.68. The maximum Gasteiger partial charge on any atom is 0.257 e. The Morgan fingerprint density at radius 2 is 1.82 bits per heavy atom. The van der Waals surface area contributed by atoms with Crippen LogP contribution in [0.5, 0.6) is 11.5 Å². The van der Waals surface area contributed by atoms with E-state index in [1.165, 1.54) is 6.20 Å². The van der Waals surface area contributed by atoms with E-state index in [2.05, 4.69) is 15.6 Å². The predicted octanol–water partition coefficient (Wildman–Crippen LogP) is 2.99. The molecule has 0 atom stereocenters. The van der Waals surface area contributed by atoms with Crippen LogP contribution in [0.15, 0.2) is 67.0 Å². The number of amides is 2. The van der Waals surface area contributed by atoms with Gasteiger partial charge in [-0.25, -0.2) is 0 Å². The third-order valence-electron chi connectivity index (χ3n) is 4.20. The van der Waals surface area contributed by atoms with Gasteiger partial charge in [0.25, 0.3) is 11.8 Å². The Morgan fingerprint density at radius 1 is 0.929 bits per heavy atom. The van der Waals surface area contributed by atoms with Crippen molar-refractivity contribution in [2.45, 2.75) is 6.54 Å². The molecule has 2 N–H and O–H groups in total. The summed E-state index contributed by atoms with van der Waals surface area (Å²) in [6, 6.07) is 15.8. The van der Waals surface area contributed by atoms with Gasteiger partial charge in [-0.15, -0.1) is 0 Å². The zero-order valence-corrected chi connectivity index (χ0v) is 14.8. The monoisotopic (exact) mass is 375 g/mol. The highest BCUT2D eigenvalue weighted by Crippen LogP contribution is 2.32. The van der Waals surface area contributed by atoms with Crippen molar-refractivity contribution in [1.82, 2.24) is 10.3 Å². The van der Waals surface area contributed by atoms with Gasteiger partial charge in [0.2, 0.25) is 6.79 Å². The Morgan fingerprint density at radius 3 is 2.68 bits per heavy atom. The predicted molar refractivity (Wildman–Crippen MR) is 102 cm³/mol. The molecule has 140 valence electrons. The average Bonchev–Trinajstić information content (AvgIpc) is 3.21. The van der Waals surface area contributed by atoms with Gasteiger partial charge in [0, 0.05) is 30.2 Å². The maximum atomic E-state index is 12.4.